The molecule has 0 bridgehead atoms. The molecule has 0 atom stereocenters. The first kappa shape index (κ1) is 25.8. The van der Waals surface area contributed by atoms with E-state index in [1.165, 1.54) is 15.5 Å². The first-order valence-corrected chi connectivity index (χ1v) is 20.5. The van der Waals surface area contributed by atoms with Crippen molar-refractivity contribution in [3.05, 3.63) is 113 Å². The molecule has 3 heterocycles. The molecule has 0 fully saturated rings. The van der Waals surface area contributed by atoms with E-state index in [4.69, 9.17) is 4.42 Å². The summed E-state index contributed by atoms with van der Waals surface area (Å²) in [7, 11) is 2.06. The third-order valence-electron chi connectivity index (χ3n) is 9.38. The zero-order valence-corrected chi connectivity index (χ0v) is 26.6. The van der Waals surface area contributed by atoms with Crippen molar-refractivity contribution in [1.29, 1.82) is 5.26 Å². The Bertz CT molecular complexity index is 2090. The first-order valence-electron chi connectivity index (χ1n) is 14.2. The predicted octanol–water partition coefficient (Wildman–Crippen LogP) is 7.39. The van der Waals surface area contributed by atoms with Gasteiger partial charge in [0.25, 0.3) is 0 Å². The molecule has 0 spiro atoms. The quantitative estimate of drug-likeness (QED) is 0.155. The fourth-order valence-corrected chi connectivity index (χ4v) is 14.4. The van der Waals surface area contributed by atoms with Crippen LogP contribution in [0.5, 0.6) is 0 Å². The molecule has 4 heteroatoms. The van der Waals surface area contributed by atoms with Gasteiger partial charge in [-0.3, -0.25) is 0 Å². The van der Waals surface area contributed by atoms with Gasteiger partial charge in [-0.1, -0.05) is 0 Å². The SMILES string of the molecule is Cc1ccc2c(oc3c(-c4ccc5[c](c4)[Ge]([CH3])([CH3])[c]4ccccc4C5(C)C)c(C#N)ccc32)c1-c1cccc[n+]1C. The van der Waals surface area contributed by atoms with Gasteiger partial charge in [0.15, 0.2) is 0 Å². The number of benzene rings is 4. The molecule has 0 amide bonds. The van der Waals surface area contributed by atoms with Crippen LogP contribution in [0, 0.1) is 18.3 Å². The summed E-state index contributed by atoms with van der Waals surface area (Å²) in [6.45, 7) is 6.82. The third-order valence-corrected chi connectivity index (χ3v) is 16.8. The molecule has 0 N–H and O–H groups in total. The van der Waals surface area contributed by atoms with Gasteiger partial charge in [-0.15, -0.1) is 0 Å². The summed E-state index contributed by atoms with van der Waals surface area (Å²) in [6.07, 6.45) is 2.06. The molecule has 200 valence electrons. The van der Waals surface area contributed by atoms with Crippen molar-refractivity contribution < 1.29 is 8.98 Å². The maximum atomic E-state index is 10.3. The second-order valence-corrected chi connectivity index (χ2v) is 21.5. The van der Waals surface area contributed by atoms with Crippen molar-refractivity contribution in [3.63, 3.8) is 0 Å². The number of rotatable bonds is 2. The van der Waals surface area contributed by atoms with Crippen LogP contribution in [0.2, 0.25) is 11.5 Å². The van der Waals surface area contributed by atoms with Gasteiger partial charge in [0, 0.05) is 0 Å². The van der Waals surface area contributed by atoms with E-state index >= 15 is 0 Å². The number of fused-ring (bicyclic) bond motifs is 5. The van der Waals surface area contributed by atoms with Gasteiger partial charge in [0.1, 0.15) is 0 Å². The Hall–Kier alpha value is -4.14. The van der Waals surface area contributed by atoms with Crippen LogP contribution in [-0.4, -0.2) is 13.3 Å². The van der Waals surface area contributed by atoms with E-state index < -0.39 is 13.3 Å². The number of aryl methyl sites for hydroxylation is 2. The molecule has 1 aliphatic rings. The zero-order chi connectivity index (χ0) is 28.7. The average Bonchev–Trinajstić information content (AvgIpc) is 3.35. The fraction of sp³-hybridized carbons (Fsp3) is 0.189. The molecule has 0 aliphatic carbocycles. The minimum atomic E-state index is -2.63. The van der Waals surface area contributed by atoms with Crippen LogP contribution in [0.3, 0.4) is 0 Å². The number of aromatic nitrogens is 1. The van der Waals surface area contributed by atoms with Crippen LogP contribution in [0.15, 0.2) is 95.5 Å². The molecule has 1 aliphatic heterocycles. The summed E-state index contributed by atoms with van der Waals surface area (Å²) >= 11 is -2.63. The summed E-state index contributed by atoms with van der Waals surface area (Å²) in [4.78, 5) is 0. The maximum absolute atomic E-state index is 10.3. The van der Waals surface area contributed by atoms with Gasteiger partial charge in [0.2, 0.25) is 0 Å². The van der Waals surface area contributed by atoms with Gasteiger partial charge >= 0.3 is 245 Å². The standard InChI is InChI=1S/C37H33GeN2O/c1-23-14-17-26-27-18-15-25(22-39)34(36(27)41-35(26)33(23)32-13-9-10-20-40(32)6)24-16-19-29-31(21-24)38(4,5)30-12-8-7-11-28(30)37(29,2)3/h7-21H,1-6H3/q+1. The molecule has 6 aromatic rings. The number of nitriles is 1. The van der Waals surface area contributed by atoms with E-state index in [1.54, 1.807) is 4.40 Å². The monoisotopic (exact) mass is 595 g/mol. The number of hydrogen-bond acceptors (Lipinski definition) is 2. The second-order valence-electron chi connectivity index (χ2n) is 12.5. The van der Waals surface area contributed by atoms with Crippen LogP contribution in [-0.2, 0) is 12.5 Å². The molecule has 0 unspecified atom stereocenters. The first-order chi connectivity index (χ1) is 19.6. The molecule has 0 saturated heterocycles. The zero-order valence-electron chi connectivity index (χ0n) is 24.5. The molecule has 0 radical (unpaired) electrons. The Kier molecular flexibility index (Phi) is 5.62. The Morgan fingerprint density at radius 1 is 0.780 bits per heavy atom. The van der Waals surface area contributed by atoms with E-state index in [0.717, 1.165) is 49.9 Å². The van der Waals surface area contributed by atoms with E-state index in [9.17, 15) is 5.26 Å². The molecule has 41 heavy (non-hydrogen) atoms. The Morgan fingerprint density at radius 2 is 1.46 bits per heavy atom. The average molecular weight is 594 g/mol. The number of pyridine rings is 1. The van der Waals surface area contributed by atoms with Crippen molar-refractivity contribution in [3.8, 4) is 28.5 Å². The Labute approximate surface area is 244 Å². The van der Waals surface area contributed by atoms with E-state index in [-0.39, 0.29) is 5.41 Å². The summed E-state index contributed by atoms with van der Waals surface area (Å²) in [6, 6.07) is 33.0. The normalized spacial score (nSPS) is 15.0. The van der Waals surface area contributed by atoms with Crippen molar-refractivity contribution in [2.45, 2.75) is 37.7 Å². The van der Waals surface area contributed by atoms with Gasteiger partial charge in [0.05, 0.1) is 0 Å². The van der Waals surface area contributed by atoms with Gasteiger partial charge in [-0.2, -0.15) is 0 Å². The van der Waals surface area contributed by atoms with Gasteiger partial charge in [-0.25, -0.2) is 0 Å². The van der Waals surface area contributed by atoms with Crippen LogP contribution in [0.1, 0.15) is 36.1 Å². The molecule has 2 aromatic heterocycles. The Morgan fingerprint density at radius 3 is 2.22 bits per heavy atom. The van der Waals surface area contributed by atoms with Gasteiger partial charge in [-0.05, 0) is 0 Å². The van der Waals surface area contributed by atoms with E-state index in [0.29, 0.717) is 5.56 Å². The van der Waals surface area contributed by atoms with Crippen molar-refractivity contribution in [2.75, 3.05) is 0 Å². The summed E-state index contributed by atoms with van der Waals surface area (Å²) in [5.74, 6) is 5.00. The molecule has 0 saturated carbocycles. The summed E-state index contributed by atoms with van der Waals surface area (Å²) in [5.41, 5.74) is 10.4. The molecular weight excluding hydrogens is 561 g/mol. The van der Waals surface area contributed by atoms with E-state index in [1.807, 2.05) is 18.2 Å². The molecule has 4 aromatic carbocycles. The molecular formula is C37H33GeN2O+. The minimum absolute atomic E-state index is 0.0771. The van der Waals surface area contributed by atoms with Crippen molar-refractivity contribution in [1.82, 2.24) is 0 Å². The van der Waals surface area contributed by atoms with Crippen LogP contribution >= 0.6 is 0 Å². The predicted molar refractivity (Wildman–Crippen MR) is 171 cm³/mol. The molecule has 7 rings (SSSR count). The van der Waals surface area contributed by atoms with E-state index in [2.05, 4.69) is 123 Å². The topological polar surface area (TPSA) is 40.8 Å². The number of hydrogen-bond donors (Lipinski definition) is 0. The summed E-state index contributed by atoms with van der Waals surface area (Å²) < 4.78 is 12.0. The Balaban J connectivity index is 1.53. The van der Waals surface area contributed by atoms with Gasteiger partial charge < -0.3 is 0 Å². The number of furan rings is 1. The fourth-order valence-electron chi connectivity index (χ4n) is 7.11. The van der Waals surface area contributed by atoms with Crippen LogP contribution in [0.25, 0.3) is 44.3 Å². The second kappa shape index (κ2) is 8.93. The molecule has 3 nitrogen and oxygen atoms in total. The third kappa shape index (κ3) is 3.60. The van der Waals surface area contributed by atoms with Crippen molar-refractivity contribution in [2.24, 2.45) is 7.05 Å². The van der Waals surface area contributed by atoms with Crippen LogP contribution < -0.4 is 13.4 Å². The van der Waals surface area contributed by atoms with Crippen LogP contribution in [0.4, 0.5) is 0 Å². The number of nitrogens with zero attached hydrogens (tertiary/aromatic N) is 2. The van der Waals surface area contributed by atoms with Crippen molar-refractivity contribution >= 4 is 44.0 Å². The summed E-state index contributed by atoms with van der Waals surface area (Å²) in [5, 5.41) is 12.4.